The molecule has 5 nitrogen and oxygen atoms in total. The number of anilines is 1. The number of carbonyl (C=O) groups is 1. The molecular formula is C20H22N4OS. The minimum absolute atomic E-state index is 0.140. The number of para-hydroxylation sites is 1. The summed E-state index contributed by atoms with van der Waals surface area (Å²) in [6.07, 6.45) is 3.58. The number of nitrogens with zero attached hydrogens (tertiary/aromatic N) is 3. The molecule has 0 aliphatic rings. The molecule has 1 amide bonds. The second-order valence-corrected chi connectivity index (χ2v) is 6.82. The van der Waals surface area contributed by atoms with Gasteiger partial charge in [0.1, 0.15) is 5.69 Å². The lowest BCUT2D eigenvalue weighted by atomic mass is 10.2. The molecule has 1 aromatic heterocycles. The van der Waals surface area contributed by atoms with Gasteiger partial charge in [0.15, 0.2) is 5.16 Å². The molecule has 2 aromatic carbocycles. The van der Waals surface area contributed by atoms with E-state index in [4.69, 9.17) is 0 Å². The standard InChI is InChI=1S/C20H22N4OS/c1-23(2)16-11-9-15(10-12-16)13-21-19(25)18-14-22-20(26-3)24(18)17-7-5-4-6-8-17/h4-12,14H,13H2,1-3H3,(H,21,25). The van der Waals surface area contributed by atoms with Crippen LogP contribution in [0.4, 0.5) is 5.69 Å². The van der Waals surface area contributed by atoms with Crippen LogP contribution in [0.15, 0.2) is 66.0 Å². The molecule has 0 aliphatic carbocycles. The van der Waals surface area contributed by atoms with E-state index in [2.05, 4.69) is 10.3 Å². The second-order valence-electron chi connectivity index (χ2n) is 6.04. The highest BCUT2D eigenvalue weighted by Gasteiger charge is 2.17. The molecule has 0 aliphatic heterocycles. The van der Waals surface area contributed by atoms with Crippen molar-refractivity contribution in [3.8, 4) is 5.69 Å². The molecule has 0 bridgehead atoms. The highest BCUT2D eigenvalue weighted by atomic mass is 32.2. The summed E-state index contributed by atoms with van der Waals surface area (Å²) in [6, 6.07) is 17.9. The average Bonchev–Trinajstić information content (AvgIpc) is 3.11. The van der Waals surface area contributed by atoms with E-state index < -0.39 is 0 Å². The van der Waals surface area contributed by atoms with Crippen LogP contribution in [0, 0.1) is 0 Å². The van der Waals surface area contributed by atoms with Crippen molar-refractivity contribution in [1.82, 2.24) is 14.9 Å². The van der Waals surface area contributed by atoms with E-state index in [9.17, 15) is 4.79 Å². The highest BCUT2D eigenvalue weighted by Crippen LogP contribution is 2.21. The van der Waals surface area contributed by atoms with Crippen LogP contribution in [-0.2, 0) is 6.54 Å². The van der Waals surface area contributed by atoms with Crippen LogP contribution in [0.2, 0.25) is 0 Å². The van der Waals surface area contributed by atoms with Crippen molar-refractivity contribution in [2.75, 3.05) is 25.3 Å². The number of aromatic nitrogens is 2. The average molecular weight is 366 g/mol. The van der Waals surface area contributed by atoms with Crippen molar-refractivity contribution in [1.29, 1.82) is 0 Å². The maximum Gasteiger partial charge on any atom is 0.270 e. The zero-order valence-corrected chi connectivity index (χ0v) is 16.0. The fourth-order valence-corrected chi connectivity index (χ4v) is 3.19. The molecular weight excluding hydrogens is 344 g/mol. The second kappa shape index (κ2) is 8.10. The minimum Gasteiger partial charge on any atom is -0.378 e. The van der Waals surface area contributed by atoms with Crippen molar-refractivity contribution in [3.05, 3.63) is 72.1 Å². The van der Waals surface area contributed by atoms with Crippen molar-refractivity contribution in [3.63, 3.8) is 0 Å². The number of amides is 1. The fraction of sp³-hybridized carbons (Fsp3) is 0.200. The largest absolute Gasteiger partial charge is 0.378 e. The Morgan fingerprint density at radius 2 is 1.81 bits per heavy atom. The summed E-state index contributed by atoms with van der Waals surface area (Å²) >= 11 is 1.51. The highest BCUT2D eigenvalue weighted by molar-refractivity contribution is 7.98. The topological polar surface area (TPSA) is 50.2 Å². The fourth-order valence-electron chi connectivity index (χ4n) is 2.65. The van der Waals surface area contributed by atoms with Gasteiger partial charge in [-0.15, -0.1) is 0 Å². The minimum atomic E-state index is -0.140. The molecule has 3 rings (SSSR count). The summed E-state index contributed by atoms with van der Waals surface area (Å²) in [7, 11) is 4.01. The number of hydrogen-bond donors (Lipinski definition) is 1. The van der Waals surface area contributed by atoms with Gasteiger partial charge in [-0.05, 0) is 36.1 Å². The summed E-state index contributed by atoms with van der Waals surface area (Å²) in [6.45, 7) is 0.473. The van der Waals surface area contributed by atoms with Crippen molar-refractivity contribution < 1.29 is 4.79 Å². The van der Waals surface area contributed by atoms with Gasteiger partial charge in [-0.25, -0.2) is 4.98 Å². The third kappa shape index (κ3) is 3.91. The zero-order valence-electron chi connectivity index (χ0n) is 15.1. The third-order valence-corrected chi connectivity index (χ3v) is 4.72. The third-order valence-electron chi connectivity index (χ3n) is 4.06. The lowest BCUT2D eigenvalue weighted by Crippen LogP contribution is -2.25. The van der Waals surface area contributed by atoms with Gasteiger partial charge in [-0.3, -0.25) is 9.36 Å². The van der Waals surface area contributed by atoms with E-state index in [1.54, 1.807) is 6.20 Å². The first-order valence-electron chi connectivity index (χ1n) is 8.31. The lowest BCUT2D eigenvalue weighted by molar-refractivity contribution is 0.0943. The Kier molecular flexibility index (Phi) is 5.63. The molecule has 6 heteroatoms. The smallest absolute Gasteiger partial charge is 0.270 e. The molecule has 0 saturated carbocycles. The van der Waals surface area contributed by atoms with Crippen molar-refractivity contribution in [2.24, 2.45) is 0 Å². The predicted octanol–water partition coefficient (Wildman–Crippen LogP) is 3.59. The molecule has 134 valence electrons. The van der Waals surface area contributed by atoms with Crippen LogP contribution < -0.4 is 10.2 Å². The summed E-state index contributed by atoms with van der Waals surface area (Å²) < 4.78 is 1.88. The van der Waals surface area contributed by atoms with E-state index in [0.29, 0.717) is 12.2 Å². The Balaban J connectivity index is 1.77. The van der Waals surface area contributed by atoms with E-state index in [1.807, 2.05) is 84.4 Å². The first-order chi connectivity index (χ1) is 12.6. The monoisotopic (exact) mass is 366 g/mol. The summed E-state index contributed by atoms with van der Waals surface area (Å²) in [5.74, 6) is -0.140. The van der Waals surface area contributed by atoms with Gasteiger partial charge in [-0.1, -0.05) is 42.1 Å². The molecule has 1 N–H and O–H groups in total. The normalized spacial score (nSPS) is 10.6. The summed E-state index contributed by atoms with van der Waals surface area (Å²) in [5.41, 5.74) is 3.65. The van der Waals surface area contributed by atoms with Crippen LogP contribution in [0.25, 0.3) is 5.69 Å². The van der Waals surface area contributed by atoms with E-state index >= 15 is 0 Å². The Morgan fingerprint density at radius 1 is 1.12 bits per heavy atom. The first kappa shape index (κ1) is 18.1. The molecule has 1 heterocycles. The SMILES string of the molecule is CSc1ncc(C(=O)NCc2ccc(N(C)C)cc2)n1-c1ccccc1. The number of carbonyl (C=O) groups excluding carboxylic acids is 1. The van der Waals surface area contributed by atoms with Gasteiger partial charge < -0.3 is 10.2 Å². The Labute approximate surface area is 158 Å². The molecule has 3 aromatic rings. The number of benzene rings is 2. The first-order valence-corrected chi connectivity index (χ1v) is 9.54. The molecule has 26 heavy (non-hydrogen) atoms. The number of thioether (sulfide) groups is 1. The quantitative estimate of drug-likeness (QED) is 0.678. The van der Waals surface area contributed by atoms with Crippen LogP contribution in [-0.4, -0.2) is 35.8 Å². The van der Waals surface area contributed by atoms with Gasteiger partial charge in [0.25, 0.3) is 5.91 Å². The van der Waals surface area contributed by atoms with Crippen LogP contribution in [0.3, 0.4) is 0 Å². The van der Waals surface area contributed by atoms with Crippen LogP contribution >= 0.6 is 11.8 Å². The molecule has 0 unspecified atom stereocenters. The van der Waals surface area contributed by atoms with Gasteiger partial charge in [-0.2, -0.15) is 0 Å². The van der Waals surface area contributed by atoms with Gasteiger partial charge in [0.05, 0.1) is 6.20 Å². The van der Waals surface area contributed by atoms with Gasteiger partial charge in [0.2, 0.25) is 0 Å². The van der Waals surface area contributed by atoms with E-state index in [-0.39, 0.29) is 5.91 Å². The number of rotatable bonds is 6. The van der Waals surface area contributed by atoms with Crippen molar-refractivity contribution in [2.45, 2.75) is 11.7 Å². The molecule has 0 radical (unpaired) electrons. The zero-order chi connectivity index (χ0) is 18.5. The van der Waals surface area contributed by atoms with E-state index in [1.165, 1.54) is 11.8 Å². The van der Waals surface area contributed by atoms with Crippen LogP contribution in [0.1, 0.15) is 16.1 Å². The number of imidazole rings is 1. The number of nitrogens with one attached hydrogen (secondary N) is 1. The van der Waals surface area contributed by atoms with Crippen molar-refractivity contribution >= 4 is 23.4 Å². The molecule has 0 spiro atoms. The molecule has 0 saturated heterocycles. The Morgan fingerprint density at radius 3 is 2.42 bits per heavy atom. The van der Waals surface area contributed by atoms with E-state index in [0.717, 1.165) is 22.1 Å². The number of hydrogen-bond acceptors (Lipinski definition) is 4. The lowest BCUT2D eigenvalue weighted by Gasteiger charge is -2.13. The maximum absolute atomic E-state index is 12.7. The molecule has 0 atom stereocenters. The summed E-state index contributed by atoms with van der Waals surface area (Å²) in [5, 5.41) is 3.78. The van der Waals surface area contributed by atoms with Gasteiger partial charge >= 0.3 is 0 Å². The Bertz CT molecular complexity index is 873. The molecule has 0 fully saturated rings. The maximum atomic E-state index is 12.7. The summed E-state index contributed by atoms with van der Waals surface area (Å²) in [4.78, 5) is 19.2. The van der Waals surface area contributed by atoms with Crippen LogP contribution in [0.5, 0.6) is 0 Å². The predicted molar refractivity (Wildman–Crippen MR) is 107 cm³/mol. The van der Waals surface area contributed by atoms with Gasteiger partial charge in [0, 0.05) is 32.0 Å². The Hall–Kier alpha value is -2.73.